The average Bonchev–Trinajstić information content (AvgIpc) is 2.97. The highest BCUT2D eigenvalue weighted by Crippen LogP contribution is 2.25. The Labute approximate surface area is 179 Å². The lowest BCUT2D eigenvalue weighted by molar-refractivity contribution is 0.107. The highest BCUT2D eigenvalue weighted by Gasteiger charge is 2.15. The van der Waals surface area contributed by atoms with Crippen LogP contribution in [0.1, 0.15) is 23.7 Å². The second-order valence-electron chi connectivity index (χ2n) is 7.88. The van der Waals surface area contributed by atoms with E-state index in [-0.39, 0.29) is 0 Å². The Balaban J connectivity index is 1.53. The van der Waals surface area contributed by atoms with Crippen LogP contribution in [0.15, 0.2) is 48.5 Å². The van der Waals surface area contributed by atoms with E-state index >= 15 is 0 Å². The van der Waals surface area contributed by atoms with Crippen LogP contribution in [-0.2, 0) is 17.8 Å². The number of para-hydroxylation sites is 1. The van der Waals surface area contributed by atoms with Crippen LogP contribution < -0.4 is 4.74 Å². The third-order valence-corrected chi connectivity index (χ3v) is 5.54. The van der Waals surface area contributed by atoms with Crippen LogP contribution in [0.5, 0.6) is 5.75 Å². The second-order valence-corrected chi connectivity index (χ2v) is 7.88. The van der Waals surface area contributed by atoms with E-state index in [9.17, 15) is 5.11 Å². The van der Waals surface area contributed by atoms with Crippen LogP contribution in [0.3, 0.4) is 0 Å². The number of likely N-dealkylation sites (N-methyl/N-ethyl adjacent to an activating group) is 1. The van der Waals surface area contributed by atoms with Crippen molar-refractivity contribution < 1.29 is 14.6 Å². The van der Waals surface area contributed by atoms with E-state index in [1.165, 1.54) is 27.7 Å². The number of aliphatic hydroxyl groups excluding tert-OH is 1. The molecule has 5 heteroatoms. The number of ether oxygens (including phenoxy) is 2. The van der Waals surface area contributed by atoms with E-state index in [1.54, 1.807) is 0 Å². The Hall–Kier alpha value is -2.34. The van der Waals surface area contributed by atoms with Gasteiger partial charge in [0.2, 0.25) is 0 Å². The normalized spacial score (nSPS) is 12.6. The first-order valence-electron chi connectivity index (χ1n) is 10.7. The van der Waals surface area contributed by atoms with Crippen LogP contribution >= 0.6 is 0 Å². The molecule has 0 aliphatic rings. The van der Waals surface area contributed by atoms with Crippen molar-refractivity contribution >= 4 is 10.9 Å². The zero-order chi connectivity index (χ0) is 21.5. The molecule has 1 atom stereocenters. The van der Waals surface area contributed by atoms with Crippen molar-refractivity contribution in [2.24, 2.45) is 0 Å². The van der Waals surface area contributed by atoms with Crippen molar-refractivity contribution in [3.63, 3.8) is 0 Å². The minimum Gasteiger partial charge on any atom is -0.491 e. The standard InChI is InChI=1S/C25H34N2O3/c1-5-29-14-15-30-23-12-10-21(11-13-23)16-26(4)17-22(28)18-27-20(3)19(2)24-8-6-7-9-25(24)27/h6-13,22,28H,5,14-18H2,1-4H3/t22-/m0/s1. The summed E-state index contributed by atoms with van der Waals surface area (Å²) in [7, 11) is 2.04. The number of benzene rings is 2. The van der Waals surface area contributed by atoms with Crippen LogP contribution in [0.4, 0.5) is 0 Å². The molecule has 1 heterocycles. The summed E-state index contributed by atoms with van der Waals surface area (Å²) in [4.78, 5) is 2.16. The lowest BCUT2D eigenvalue weighted by Gasteiger charge is -2.22. The Morgan fingerprint density at radius 3 is 2.50 bits per heavy atom. The Morgan fingerprint density at radius 2 is 1.77 bits per heavy atom. The van der Waals surface area contributed by atoms with E-state index in [1.807, 2.05) is 26.1 Å². The number of rotatable bonds is 11. The first-order valence-corrected chi connectivity index (χ1v) is 10.7. The molecule has 0 saturated heterocycles. The summed E-state index contributed by atoms with van der Waals surface area (Å²) in [6.45, 7) is 10.1. The number of fused-ring (bicyclic) bond motifs is 1. The molecule has 0 aliphatic heterocycles. The van der Waals surface area contributed by atoms with Gasteiger partial charge in [-0.25, -0.2) is 0 Å². The smallest absolute Gasteiger partial charge is 0.119 e. The van der Waals surface area contributed by atoms with Gasteiger partial charge in [-0.3, -0.25) is 4.90 Å². The monoisotopic (exact) mass is 410 g/mol. The zero-order valence-electron chi connectivity index (χ0n) is 18.6. The zero-order valence-corrected chi connectivity index (χ0v) is 18.6. The molecule has 0 spiro atoms. The van der Waals surface area contributed by atoms with Gasteiger partial charge in [0.1, 0.15) is 12.4 Å². The summed E-state index contributed by atoms with van der Waals surface area (Å²) in [5.41, 5.74) is 4.89. The van der Waals surface area contributed by atoms with Crippen molar-refractivity contribution in [1.29, 1.82) is 0 Å². The minimum atomic E-state index is -0.440. The third-order valence-electron chi connectivity index (χ3n) is 5.54. The molecule has 3 rings (SSSR count). The number of hydrogen-bond acceptors (Lipinski definition) is 4. The summed E-state index contributed by atoms with van der Waals surface area (Å²) < 4.78 is 13.2. The quantitative estimate of drug-likeness (QED) is 0.482. The molecule has 5 nitrogen and oxygen atoms in total. The fourth-order valence-corrected chi connectivity index (χ4v) is 3.90. The third kappa shape index (κ3) is 5.63. The second kappa shape index (κ2) is 10.6. The lowest BCUT2D eigenvalue weighted by atomic mass is 10.2. The maximum absolute atomic E-state index is 10.7. The molecule has 30 heavy (non-hydrogen) atoms. The van der Waals surface area contributed by atoms with E-state index in [2.05, 4.69) is 59.7 Å². The summed E-state index contributed by atoms with van der Waals surface area (Å²) >= 11 is 0. The van der Waals surface area contributed by atoms with E-state index in [4.69, 9.17) is 9.47 Å². The Morgan fingerprint density at radius 1 is 1.03 bits per heavy atom. The first kappa shape index (κ1) is 22.3. The number of nitrogens with zero attached hydrogens (tertiary/aromatic N) is 2. The van der Waals surface area contributed by atoms with Gasteiger partial charge in [0, 0.05) is 36.3 Å². The van der Waals surface area contributed by atoms with Gasteiger partial charge >= 0.3 is 0 Å². The highest BCUT2D eigenvalue weighted by molar-refractivity contribution is 5.85. The van der Waals surface area contributed by atoms with Crippen molar-refractivity contribution in [3.05, 3.63) is 65.4 Å². The van der Waals surface area contributed by atoms with Crippen molar-refractivity contribution in [2.75, 3.05) is 33.4 Å². The van der Waals surface area contributed by atoms with Gasteiger partial charge in [-0.1, -0.05) is 30.3 Å². The van der Waals surface area contributed by atoms with Crippen molar-refractivity contribution in [3.8, 4) is 5.75 Å². The van der Waals surface area contributed by atoms with Gasteiger partial charge in [0.15, 0.2) is 0 Å². The van der Waals surface area contributed by atoms with E-state index in [0.717, 1.165) is 12.3 Å². The number of hydrogen-bond donors (Lipinski definition) is 1. The van der Waals surface area contributed by atoms with E-state index in [0.29, 0.717) is 32.9 Å². The summed E-state index contributed by atoms with van der Waals surface area (Å²) in [6, 6.07) is 16.5. The van der Waals surface area contributed by atoms with Crippen molar-refractivity contribution in [2.45, 2.75) is 40.0 Å². The highest BCUT2D eigenvalue weighted by atomic mass is 16.5. The SMILES string of the molecule is CCOCCOc1ccc(CN(C)C[C@H](O)Cn2c(C)c(C)c3ccccc32)cc1. The molecule has 0 bridgehead atoms. The molecule has 0 fully saturated rings. The first-order chi connectivity index (χ1) is 14.5. The lowest BCUT2D eigenvalue weighted by Crippen LogP contribution is -2.32. The molecule has 0 aliphatic carbocycles. The molecule has 0 unspecified atom stereocenters. The molecule has 0 radical (unpaired) electrons. The van der Waals surface area contributed by atoms with Crippen molar-refractivity contribution in [1.82, 2.24) is 9.47 Å². The van der Waals surface area contributed by atoms with Gasteiger partial charge < -0.3 is 19.1 Å². The van der Waals surface area contributed by atoms with Gasteiger partial charge in [-0.15, -0.1) is 0 Å². The summed E-state index contributed by atoms with van der Waals surface area (Å²) in [5.74, 6) is 0.853. The summed E-state index contributed by atoms with van der Waals surface area (Å²) in [5, 5.41) is 12.0. The van der Waals surface area contributed by atoms with Gasteiger partial charge in [0.25, 0.3) is 0 Å². The fraction of sp³-hybridized carbons (Fsp3) is 0.440. The molecule has 0 saturated carbocycles. The van der Waals surface area contributed by atoms with Gasteiger partial charge in [-0.05, 0) is 57.1 Å². The number of aryl methyl sites for hydroxylation is 1. The average molecular weight is 411 g/mol. The topological polar surface area (TPSA) is 46.9 Å². The van der Waals surface area contributed by atoms with Gasteiger partial charge in [0.05, 0.1) is 19.3 Å². The molecule has 1 aromatic heterocycles. The number of aromatic nitrogens is 1. The molecule has 3 aromatic rings. The largest absolute Gasteiger partial charge is 0.491 e. The summed E-state index contributed by atoms with van der Waals surface area (Å²) in [6.07, 6.45) is -0.440. The molecular weight excluding hydrogens is 376 g/mol. The fourth-order valence-electron chi connectivity index (χ4n) is 3.90. The molecular formula is C25H34N2O3. The molecule has 2 aromatic carbocycles. The van der Waals surface area contributed by atoms with E-state index < -0.39 is 6.10 Å². The van der Waals surface area contributed by atoms with Crippen LogP contribution in [0.2, 0.25) is 0 Å². The van der Waals surface area contributed by atoms with Crippen LogP contribution in [0, 0.1) is 13.8 Å². The minimum absolute atomic E-state index is 0.440. The van der Waals surface area contributed by atoms with Gasteiger partial charge in [-0.2, -0.15) is 0 Å². The predicted octanol–water partition coefficient (Wildman–Crippen LogP) is 4.17. The Bertz CT molecular complexity index is 933. The predicted molar refractivity (Wildman–Crippen MR) is 122 cm³/mol. The molecule has 162 valence electrons. The Kier molecular flexibility index (Phi) is 7.91. The van der Waals surface area contributed by atoms with Crippen LogP contribution in [0.25, 0.3) is 10.9 Å². The number of aliphatic hydroxyl groups is 1. The molecule has 0 amide bonds. The molecule has 1 N–H and O–H groups in total. The van der Waals surface area contributed by atoms with Crippen LogP contribution in [-0.4, -0.2) is 54.1 Å². The maximum atomic E-state index is 10.7. The maximum Gasteiger partial charge on any atom is 0.119 e.